The molecule has 1 heterocycles. The molecular weight excluding hydrogens is 218 g/mol. The number of aromatic nitrogens is 1. The van der Waals surface area contributed by atoms with Crippen LogP contribution in [0.3, 0.4) is 0 Å². The van der Waals surface area contributed by atoms with Crippen molar-refractivity contribution in [3.05, 3.63) is 34.7 Å². The van der Waals surface area contributed by atoms with E-state index in [4.69, 9.17) is 0 Å². The number of nitrogens with zero attached hydrogens (tertiary/aromatic N) is 1. The van der Waals surface area contributed by atoms with E-state index >= 15 is 0 Å². The smallest absolute Gasteiger partial charge is 0.125 e. The number of para-hydroxylation sites is 1. The van der Waals surface area contributed by atoms with Crippen LogP contribution in [0.15, 0.2) is 29.6 Å². The second kappa shape index (κ2) is 3.91. The van der Waals surface area contributed by atoms with Crippen LogP contribution in [0.25, 0.3) is 11.3 Å². The van der Waals surface area contributed by atoms with Gasteiger partial charge in [0.1, 0.15) is 5.75 Å². The minimum Gasteiger partial charge on any atom is -0.507 e. The van der Waals surface area contributed by atoms with E-state index in [0.717, 1.165) is 16.3 Å². The van der Waals surface area contributed by atoms with Gasteiger partial charge < -0.3 is 5.11 Å². The van der Waals surface area contributed by atoms with Crippen molar-refractivity contribution >= 4 is 11.3 Å². The molecule has 84 valence electrons. The van der Waals surface area contributed by atoms with Gasteiger partial charge in [-0.05, 0) is 12.1 Å². The molecule has 0 aliphatic heterocycles. The fourth-order valence-electron chi connectivity index (χ4n) is 1.43. The van der Waals surface area contributed by atoms with Gasteiger partial charge in [0.05, 0.1) is 10.7 Å². The first kappa shape index (κ1) is 11.1. The van der Waals surface area contributed by atoms with Crippen LogP contribution in [0.2, 0.25) is 0 Å². The first-order chi connectivity index (χ1) is 7.48. The van der Waals surface area contributed by atoms with Crippen LogP contribution in [0, 0.1) is 0 Å². The normalized spacial score (nSPS) is 11.7. The first-order valence-electron chi connectivity index (χ1n) is 5.23. The zero-order chi connectivity index (χ0) is 11.8. The van der Waals surface area contributed by atoms with Crippen molar-refractivity contribution in [2.45, 2.75) is 26.2 Å². The lowest BCUT2D eigenvalue weighted by Gasteiger charge is -2.13. The lowest BCUT2D eigenvalue weighted by molar-refractivity contribution is 0.477. The molecule has 0 saturated heterocycles. The summed E-state index contributed by atoms with van der Waals surface area (Å²) in [6, 6.07) is 7.29. The number of thiazole rings is 1. The molecule has 0 aliphatic rings. The SMILES string of the molecule is CC(C)(C)c1nc(-c2ccccc2O)cs1. The first-order valence-corrected chi connectivity index (χ1v) is 6.11. The van der Waals surface area contributed by atoms with Gasteiger partial charge in [0.15, 0.2) is 0 Å². The average Bonchev–Trinajstić information content (AvgIpc) is 2.66. The van der Waals surface area contributed by atoms with Gasteiger partial charge in [0, 0.05) is 16.4 Å². The van der Waals surface area contributed by atoms with E-state index in [9.17, 15) is 5.11 Å². The maximum atomic E-state index is 9.74. The second-order valence-electron chi connectivity index (χ2n) is 4.81. The Hall–Kier alpha value is -1.35. The van der Waals surface area contributed by atoms with Crippen molar-refractivity contribution in [1.29, 1.82) is 0 Å². The molecular formula is C13H15NOS. The van der Waals surface area contributed by atoms with E-state index in [1.165, 1.54) is 0 Å². The molecule has 0 spiro atoms. The van der Waals surface area contributed by atoms with Gasteiger partial charge in [-0.3, -0.25) is 0 Å². The second-order valence-corrected chi connectivity index (χ2v) is 5.66. The molecule has 0 atom stereocenters. The Morgan fingerprint density at radius 3 is 2.44 bits per heavy atom. The quantitative estimate of drug-likeness (QED) is 0.812. The van der Waals surface area contributed by atoms with Gasteiger partial charge in [0.2, 0.25) is 0 Å². The van der Waals surface area contributed by atoms with Crippen LogP contribution in [0.1, 0.15) is 25.8 Å². The highest BCUT2D eigenvalue weighted by Crippen LogP contribution is 2.33. The molecule has 3 heteroatoms. The Labute approximate surface area is 99.6 Å². The van der Waals surface area contributed by atoms with Gasteiger partial charge in [-0.2, -0.15) is 0 Å². The van der Waals surface area contributed by atoms with Crippen molar-refractivity contribution in [2.75, 3.05) is 0 Å². The van der Waals surface area contributed by atoms with Crippen LogP contribution in [0.5, 0.6) is 5.75 Å². The van der Waals surface area contributed by atoms with E-state index in [2.05, 4.69) is 25.8 Å². The standard InChI is InChI=1S/C13H15NOS/c1-13(2,3)12-14-10(8-16-12)9-6-4-5-7-11(9)15/h4-8,15H,1-3H3. The highest BCUT2D eigenvalue weighted by molar-refractivity contribution is 7.10. The molecule has 1 aromatic heterocycles. The largest absolute Gasteiger partial charge is 0.507 e. The third kappa shape index (κ3) is 2.09. The van der Waals surface area contributed by atoms with Crippen LogP contribution in [0.4, 0.5) is 0 Å². The van der Waals surface area contributed by atoms with Crippen molar-refractivity contribution in [2.24, 2.45) is 0 Å². The zero-order valence-corrected chi connectivity index (χ0v) is 10.5. The monoisotopic (exact) mass is 233 g/mol. The molecule has 2 rings (SSSR count). The topological polar surface area (TPSA) is 33.1 Å². The Bertz CT molecular complexity index is 497. The summed E-state index contributed by atoms with van der Waals surface area (Å²) in [5, 5.41) is 12.8. The third-order valence-corrected chi connectivity index (χ3v) is 3.59. The highest BCUT2D eigenvalue weighted by Gasteiger charge is 2.19. The fourth-order valence-corrected chi connectivity index (χ4v) is 2.34. The van der Waals surface area contributed by atoms with E-state index in [-0.39, 0.29) is 11.2 Å². The summed E-state index contributed by atoms with van der Waals surface area (Å²) in [7, 11) is 0. The summed E-state index contributed by atoms with van der Waals surface area (Å²) in [5.74, 6) is 0.285. The van der Waals surface area contributed by atoms with Gasteiger partial charge in [-0.15, -0.1) is 11.3 Å². The van der Waals surface area contributed by atoms with Crippen molar-refractivity contribution in [1.82, 2.24) is 4.98 Å². The van der Waals surface area contributed by atoms with Crippen molar-refractivity contribution in [3.8, 4) is 17.0 Å². The van der Waals surface area contributed by atoms with Gasteiger partial charge in [0.25, 0.3) is 0 Å². The lowest BCUT2D eigenvalue weighted by atomic mass is 9.98. The summed E-state index contributed by atoms with van der Waals surface area (Å²) < 4.78 is 0. The third-order valence-electron chi connectivity index (χ3n) is 2.33. The molecule has 0 fully saturated rings. The van der Waals surface area contributed by atoms with E-state index < -0.39 is 0 Å². The predicted octanol–water partition coefficient (Wildman–Crippen LogP) is 3.81. The van der Waals surface area contributed by atoms with Crippen LogP contribution < -0.4 is 0 Å². The average molecular weight is 233 g/mol. The molecule has 2 aromatic rings. The van der Waals surface area contributed by atoms with E-state index in [1.807, 2.05) is 23.6 Å². The van der Waals surface area contributed by atoms with E-state index in [1.54, 1.807) is 17.4 Å². The summed E-state index contributed by atoms with van der Waals surface area (Å²) >= 11 is 1.64. The predicted molar refractivity (Wildman–Crippen MR) is 67.9 cm³/mol. The molecule has 0 bridgehead atoms. The Balaban J connectivity index is 2.44. The fraction of sp³-hybridized carbons (Fsp3) is 0.308. The minimum absolute atomic E-state index is 0.0628. The minimum atomic E-state index is 0.0628. The summed E-state index contributed by atoms with van der Waals surface area (Å²) in [6.07, 6.45) is 0. The number of aromatic hydroxyl groups is 1. The number of rotatable bonds is 1. The number of phenolic OH excluding ortho intramolecular Hbond substituents is 1. The molecule has 16 heavy (non-hydrogen) atoms. The number of benzene rings is 1. The molecule has 0 saturated carbocycles. The van der Waals surface area contributed by atoms with Gasteiger partial charge >= 0.3 is 0 Å². The maximum Gasteiger partial charge on any atom is 0.125 e. The van der Waals surface area contributed by atoms with Gasteiger partial charge in [-0.1, -0.05) is 32.9 Å². The summed E-state index contributed by atoms with van der Waals surface area (Å²) in [5.41, 5.74) is 1.72. The van der Waals surface area contributed by atoms with Crippen LogP contribution >= 0.6 is 11.3 Å². The molecule has 0 radical (unpaired) electrons. The number of hydrogen-bond donors (Lipinski definition) is 1. The zero-order valence-electron chi connectivity index (χ0n) is 9.69. The van der Waals surface area contributed by atoms with E-state index in [0.29, 0.717) is 0 Å². The maximum absolute atomic E-state index is 9.74. The summed E-state index contributed by atoms with van der Waals surface area (Å²) in [4.78, 5) is 4.57. The highest BCUT2D eigenvalue weighted by atomic mass is 32.1. The molecule has 1 aromatic carbocycles. The Kier molecular flexibility index (Phi) is 2.72. The molecule has 2 nitrogen and oxygen atoms in total. The van der Waals surface area contributed by atoms with Crippen LogP contribution in [-0.4, -0.2) is 10.1 Å². The summed E-state index contributed by atoms with van der Waals surface area (Å²) in [6.45, 7) is 6.42. The number of hydrogen-bond acceptors (Lipinski definition) is 3. The molecule has 0 aliphatic carbocycles. The van der Waals surface area contributed by atoms with Crippen LogP contribution in [-0.2, 0) is 5.41 Å². The Morgan fingerprint density at radius 1 is 1.19 bits per heavy atom. The number of phenols is 1. The van der Waals surface area contributed by atoms with Gasteiger partial charge in [-0.25, -0.2) is 4.98 Å². The lowest BCUT2D eigenvalue weighted by Crippen LogP contribution is -2.10. The van der Waals surface area contributed by atoms with Crippen molar-refractivity contribution in [3.63, 3.8) is 0 Å². The molecule has 1 N–H and O–H groups in total. The molecule has 0 amide bonds. The molecule has 0 unspecified atom stereocenters. The van der Waals surface area contributed by atoms with Crippen molar-refractivity contribution < 1.29 is 5.11 Å². The Morgan fingerprint density at radius 2 is 1.88 bits per heavy atom.